The van der Waals surface area contributed by atoms with E-state index in [9.17, 15) is 19.5 Å². The van der Waals surface area contributed by atoms with Gasteiger partial charge in [0.1, 0.15) is 23.1 Å². The number of esters is 1. The predicted molar refractivity (Wildman–Crippen MR) is 164 cm³/mol. The number of fused-ring (bicyclic) bond motifs is 1. The third-order valence-electron chi connectivity index (χ3n) is 8.74. The largest absolute Gasteiger partial charge is 0.496 e. The number of aromatic nitrogens is 2. The van der Waals surface area contributed by atoms with Crippen molar-refractivity contribution in [3.63, 3.8) is 0 Å². The lowest BCUT2D eigenvalue weighted by Gasteiger charge is -2.21. The lowest BCUT2D eigenvalue weighted by Crippen LogP contribution is -2.49. The van der Waals surface area contributed by atoms with Crippen molar-refractivity contribution in [3.05, 3.63) is 60.3 Å². The summed E-state index contributed by atoms with van der Waals surface area (Å²) in [7, 11) is 1.60. The molecule has 0 unspecified atom stereocenters. The molecule has 0 bridgehead atoms. The Morgan fingerprint density at radius 2 is 1.86 bits per heavy atom. The van der Waals surface area contributed by atoms with Gasteiger partial charge < -0.3 is 24.6 Å². The number of carbonyl (C=O) groups is 3. The highest BCUT2D eigenvalue weighted by molar-refractivity contribution is 5.94. The number of nitrogens with one attached hydrogen (secondary N) is 1. The Morgan fingerprint density at radius 1 is 1.11 bits per heavy atom. The molecule has 3 aromatic rings. The van der Waals surface area contributed by atoms with E-state index in [-0.39, 0.29) is 31.3 Å². The number of carboxylic acids is 1. The molecule has 2 N–H and O–H groups in total. The van der Waals surface area contributed by atoms with E-state index in [1.165, 1.54) is 0 Å². The fourth-order valence-corrected chi connectivity index (χ4v) is 6.15. The lowest BCUT2D eigenvalue weighted by atomic mass is 9.94. The number of ether oxygens (including phenoxy) is 3. The Kier molecular flexibility index (Phi) is 8.63. The van der Waals surface area contributed by atoms with Crippen molar-refractivity contribution >= 4 is 28.7 Å². The maximum atomic E-state index is 13.5. The second kappa shape index (κ2) is 12.3. The van der Waals surface area contributed by atoms with Crippen molar-refractivity contribution in [3.8, 4) is 22.9 Å². The number of hydrogen-bond acceptors (Lipinski definition) is 8. The molecule has 2 fully saturated rings. The van der Waals surface area contributed by atoms with Gasteiger partial charge in [0.15, 0.2) is 0 Å². The second-order valence-corrected chi connectivity index (χ2v) is 11.9. The molecular weight excluding hydrogens is 562 g/mol. The minimum atomic E-state index is -1.21. The molecule has 0 saturated heterocycles. The van der Waals surface area contributed by atoms with Crippen LogP contribution in [0.5, 0.6) is 11.5 Å². The summed E-state index contributed by atoms with van der Waals surface area (Å²) in [6, 6.07) is 11.3. The molecule has 10 nitrogen and oxygen atoms in total. The highest BCUT2D eigenvalue weighted by atomic mass is 16.5. The number of carbonyl (C=O) groups excluding carboxylic acids is 2. The van der Waals surface area contributed by atoms with Gasteiger partial charge in [-0.1, -0.05) is 26.0 Å². The molecule has 10 heteroatoms. The summed E-state index contributed by atoms with van der Waals surface area (Å²) in [5, 5.41) is 13.6. The number of hydrogen-bond donors (Lipinski definition) is 2. The number of methoxy groups -OCH3 is 1. The van der Waals surface area contributed by atoms with Crippen LogP contribution in [0.1, 0.15) is 57.2 Å². The van der Waals surface area contributed by atoms with E-state index in [0.29, 0.717) is 34.8 Å². The zero-order valence-corrected chi connectivity index (χ0v) is 25.8. The van der Waals surface area contributed by atoms with Crippen LogP contribution in [0.2, 0.25) is 0 Å². The van der Waals surface area contributed by atoms with Crippen LogP contribution in [-0.4, -0.2) is 58.3 Å². The van der Waals surface area contributed by atoms with Crippen LogP contribution in [0.15, 0.2) is 49.1 Å². The molecule has 1 amide bonds. The number of amides is 1. The number of carboxylic acid groups (broad SMARTS) is 1. The van der Waals surface area contributed by atoms with Crippen molar-refractivity contribution in [2.24, 2.45) is 17.8 Å². The van der Waals surface area contributed by atoms with Crippen LogP contribution in [0.4, 0.5) is 0 Å². The molecule has 44 heavy (non-hydrogen) atoms. The van der Waals surface area contributed by atoms with Crippen molar-refractivity contribution in [2.75, 3.05) is 13.7 Å². The van der Waals surface area contributed by atoms with Gasteiger partial charge in [-0.15, -0.1) is 6.58 Å². The molecule has 5 rings (SSSR count). The van der Waals surface area contributed by atoms with E-state index < -0.39 is 41.3 Å². The second-order valence-electron chi connectivity index (χ2n) is 11.9. The first-order valence-corrected chi connectivity index (χ1v) is 15.0. The van der Waals surface area contributed by atoms with Gasteiger partial charge in [-0.2, -0.15) is 0 Å². The molecular formula is C34H39N3O7. The third kappa shape index (κ3) is 5.73. The minimum absolute atomic E-state index is 0.125. The van der Waals surface area contributed by atoms with Crippen molar-refractivity contribution in [1.82, 2.24) is 15.3 Å². The summed E-state index contributed by atoms with van der Waals surface area (Å²) in [4.78, 5) is 48.3. The van der Waals surface area contributed by atoms with E-state index in [1.807, 2.05) is 43.3 Å². The summed E-state index contributed by atoms with van der Waals surface area (Å²) in [6.45, 7) is 11.7. The van der Waals surface area contributed by atoms with Gasteiger partial charge in [0.05, 0.1) is 42.5 Å². The third-order valence-corrected chi connectivity index (χ3v) is 8.74. The number of pyridine rings is 2. The molecule has 0 radical (unpaired) electrons. The molecule has 1 aromatic carbocycles. The lowest BCUT2D eigenvalue weighted by molar-refractivity contribution is -0.150. The van der Waals surface area contributed by atoms with Crippen molar-refractivity contribution in [2.45, 2.75) is 64.5 Å². The average molecular weight is 602 g/mol. The fraction of sp³-hybridized carbons (Fsp3) is 0.441. The fourth-order valence-electron chi connectivity index (χ4n) is 6.15. The smallest absolute Gasteiger partial charge is 0.332 e. The summed E-state index contributed by atoms with van der Waals surface area (Å²) in [6.07, 6.45) is 1.69. The number of nitrogens with zero attached hydrogens (tertiary/aromatic N) is 2. The number of rotatable bonds is 11. The van der Waals surface area contributed by atoms with Gasteiger partial charge in [-0.3, -0.25) is 14.6 Å². The average Bonchev–Trinajstić information content (AvgIpc) is 3.56. The monoisotopic (exact) mass is 601 g/mol. The van der Waals surface area contributed by atoms with E-state index >= 15 is 0 Å². The van der Waals surface area contributed by atoms with E-state index in [0.717, 1.165) is 16.6 Å². The number of benzene rings is 1. The Bertz CT molecular complexity index is 1620. The maximum absolute atomic E-state index is 13.5. The van der Waals surface area contributed by atoms with Gasteiger partial charge in [0.2, 0.25) is 5.91 Å². The molecule has 5 atom stereocenters. The molecule has 2 aliphatic rings. The quantitative estimate of drug-likeness (QED) is 0.224. The molecule has 0 spiro atoms. The SMILES string of the molecule is C=C[C@@H]1C[C@]1(NC(=O)[C@@H]1C[C@@H](Oc2cc(-c3cccc(C(C)C)n3)nc3c(C)c(OC)ccc23)C[C@H]1C(=O)O)C(=O)OCC. The zero-order chi connectivity index (χ0) is 31.8. The van der Waals surface area contributed by atoms with Gasteiger partial charge in [0, 0.05) is 28.6 Å². The topological polar surface area (TPSA) is 137 Å². The van der Waals surface area contributed by atoms with Gasteiger partial charge in [-0.25, -0.2) is 9.78 Å². The van der Waals surface area contributed by atoms with Crippen LogP contribution in [0.25, 0.3) is 22.3 Å². The Morgan fingerprint density at radius 3 is 2.50 bits per heavy atom. The van der Waals surface area contributed by atoms with E-state index in [4.69, 9.17) is 24.2 Å². The van der Waals surface area contributed by atoms with E-state index in [1.54, 1.807) is 20.1 Å². The van der Waals surface area contributed by atoms with Crippen LogP contribution < -0.4 is 14.8 Å². The van der Waals surface area contributed by atoms with Gasteiger partial charge in [-0.05, 0) is 63.3 Å². The maximum Gasteiger partial charge on any atom is 0.332 e. The molecule has 232 valence electrons. The molecule has 2 aromatic heterocycles. The summed E-state index contributed by atoms with van der Waals surface area (Å²) in [5.41, 5.74) is 2.52. The Balaban J connectivity index is 1.47. The highest BCUT2D eigenvalue weighted by Gasteiger charge is 2.62. The van der Waals surface area contributed by atoms with Crippen LogP contribution in [0, 0.1) is 24.7 Å². The van der Waals surface area contributed by atoms with Crippen LogP contribution in [0.3, 0.4) is 0 Å². The van der Waals surface area contributed by atoms with Crippen LogP contribution in [-0.2, 0) is 19.1 Å². The number of aliphatic carboxylic acids is 1. The van der Waals surface area contributed by atoms with Gasteiger partial charge in [0.25, 0.3) is 0 Å². The predicted octanol–water partition coefficient (Wildman–Crippen LogP) is 5.22. The molecule has 2 aliphatic carbocycles. The normalized spacial score (nSPS) is 24.1. The minimum Gasteiger partial charge on any atom is -0.496 e. The summed E-state index contributed by atoms with van der Waals surface area (Å²) < 4.78 is 17.3. The highest BCUT2D eigenvalue weighted by Crippen LogP contribution is 2.47. The Hall–Kier alpha value is -4.47. The first-order chi connectivity index (χ1) is 21.0. The van der Waals surface area contributed by atoms with E-state index in [2.05, 4.69) is 25.7 Å². The summed E-state index contributed by atoms with van der Waals surface area (Å²) >= 11 is 0. The van der Waals surface area contributed by atoms with Gasteiger partial charge >= 0.3 is 11.9 Å². The van der Waals surface area contributed by atoms with Crippen molar-refractivity contribution in [1.29, 1.82) is 0 Å². The first kappa shape index (κ1) is 31.0. The van der Waals surface area contributed by atoms with Crippen molar-refractivity contribution < 1.29 is 33.7 Å². The molecule has 2 saturated carbocycles. The Labute approximate surface area is 256 Å². The molecule has 0 aliphatic heterocycles. The number of aryl methyl sites for hydroxylation is 1. The first-order valence-electron chi connectivity index (χ1n) is 15.0. The molecule has 2 heterocycles. The summed E-state index contributed by atoms with van der Waals surface area (Å²) in [5.74, 6) is -2.87. The standard InChI is InChI=1S/C34H39N3O7/c1-7-20-17-34(20,33(41)43-8-2)37-31(38)23-14-21(15-24(23)32(39)40)44-29-16-27(26-11-9-10-25(35-26)18(3)4)36-30-19(5)28(42-6)13-12-22(29)30/h7,9-13,16,18,20-21,23-24H,1,8,14-15,17H2,2-6H3,(H,37,38)(H,39,40)/t20-,21-,23-,24-,34-/m1/s1. The van der Waals surface area contributed by atoms with Crippen LogP contribution >= 0.6 is 0 Å². The zero-order valence-electron chi connectivity index (χ0n) is 25.8.